The minimum atomic E-state index is -0.266. The maximum Gasteiger partial charge on any atom is 0.283 e. The Morgan fingerprint density at radius 3 is 2.48 bits per heavy atom. The van der Waals surface area contributed by atoms with E-state index in [9.17, 15) is 4.79 Å². The van der Waals surface area contributed by atoms with Crippen molar-refractivity contribution in [2.75, 3.05) is 0 Å². The number of ether oxygens (including phenoxy) is 1. The predicted molar refractivity (Wildman–Crippen MR) is 94.5 cm³/mol. The molecule has 122 valence electrons. The summed E-state index contributed by atoms with van der Waals surface area (Å²) in [6.07, 6.45) is 0. The molecule has 0 aliphatic heterocycles. The molecule has 0 aliphatic rings. The Labute approximate surface area is 144 Å². The fourth-order valence-electron chi connectivity index (χ4n) is 2.64. The van der Waals surface area contributed by atoms with Crippen molar-refractivity contribution in [3.63, 3.8) is 0 Å². The minimum Gasteiger partial charge on any atom is -0.488 e. The van der Waals surface area contributed by atoms with Gasteiger partial charge < -0.3 is 4.74 Å². The van der Waals surface area contributed by atoms with Gasteiger partial charge in [-0.1, -0.05) is 59.8 Å². The zero-order valence-corrected chi connectivity index (χ0v) is 13.4. The highest BCUT2D eigenvalue weighted by Gasteiger charge is 2.18. The number of carbonyl (C=O) groups is 1. The minimum absolute atomic E-state index is 0.266. The summed E-state index contributed by atoms with van der Waals surface area (Å²) in [5.74, 6) is 0.258. The SMILES string of the molecule is O=C(c1ccccc1OCc1ccccc1)n1nnc2ccccc21. The van der Waals surface area contributed by atoms with Gasteiger partial charge in [-0.25, -0.2) is 0 Å². The first kappa shape index (κ1) is 15.1. The first-order valence-corrected chi connectivity index (χ1v) is 7.94. The molecule has 0 unspecified atom stereocenters. The van der Waals surface area contributed by atoms with Gasteiger partial charge in [0.05, 0.1) is 11.1 Å². The van der Waals surface area contributed by atoms with Crippen LogP contribution in [0, 0.1) is 0 Å². The van der Waals surface area contributed by atoms with Gasteiger partial charge in [-0.15, -0.1) is 5.10 Å². The summed E-state index contributed by atoms with van der Waals surface area (Å²) in [6.45, 7) is 0.392. The lowest BCUT2D eigenvalue weighted by atomic mass is 10.2. The van der Waals surface area contributed by atoms with Crippen molar-refractivity contribution in [2.45, 2.75) is 6.61 Å². The molecule has 5 heteroatoms. The molecule has 0 saturated carbocycles. The van der Waals surface area contributed by atoms with Crippen molar-refractivity contribution in [2.24, 2.45) is 0 Å². The Bertz CT molecular complexity index is 1030. The van der Waals surface area contributed by atoms with Crippen LogP contribution in [0.4, 0.5) is 0 Å². The average molecular weight is 329 g/mol. The first-order valence-electron chi connectivity index (χ1n) is 7.94. The van der Waals surface area contributed by atoms with Gasteiger partial charge in [-0.05, 0) is 29.8 Å². The van der Waals surface area contributed by atoms with E-state index in [0.717, 1.165) is 5.56 Å². The van der Waals surface area contributed by atoms with E-state index < -0.39 is 0 Å². The summed E-state index contributed by atoms with van der Waals surface area (Å²) in [5, 5.41) is 8.03. The van der Waals surface area contributed by atoms with E-state index in [1.807, 2.05) is 66.7 Å². The largest absolute Gasteiger partial charge is 0.488 e. The zero-order valence-electron chi connectivity index (χ0n) is 13.4. The molecule has 0 saturated heterocycles. The Hall–Kier alpha value is -3.47. The summed E-state index contributed by atoms with van der Waals surface area (Å²) in [7, 11) is 0. The second-order valence-corrected chi connectivity index (χ2v) is 5.57. The Balaban J connectivity index is 1.65. The highest BCUT2D eigenvalue weighted by atomic mass is 16.5. The maximum atomic E-state index is 12.9. The van der Waals surface area contributed by atoms with Crippen LogP contribution in [0.15, 0.2) is 78.9 Å². The molecule has 0 bridgehead atoms. The Morgan fingerprint density at radius 1 is 0.880 bits per heavy atom. The van der Waals surface area contributed by atoms with E-state index >= 15 is 0 Å². The highest BCUT2D eigenvalue weighted by molar-refractivity contribution is 6.02. The summed E-state index contributed by atoms with van der Waals surface area (Å²) < 4.78 is 7.18. The van der Waals surface area contributed by atoms with Crippen molar-refractivity contribution >= 4 is 16.9 Å². The topological polar surface area (TPSA) is 57.0 Å². The number of fused-ring (bicyclic) bond motifs is 1. The third-order valence-corrected chi connectivity index (χ3v) is 3.90. The molecule has 4 rings (SSSR count). The van der Waals surface area contributed by atoms with Crippen LogP contribution in [-0.4, -0.2) is 20.9 Å². The lowest BCUT2D eigenvalue weighted by Gasteiger charge is -2.11. The van der Waals surface area contributed by atoms with Crippen LogP contribution < -0.4 is 4.74 Å². The molecular weight excluding hydrogens is 314 g/mol. The number of aromatic nitrogens is 3. The molecule has 5 nitrogen and oxygen atoms in total. The molecule has 0 fully saturated rings. The molecule has 1 aromatic heterocycles. The molecular formula is C20H15N3O2. The zero-order chi connectivity index (χ0) is 17.1. The van der Waals surface area contributed by atoms with Crippen molar-refractivity contribution in [1.29, 1.82) is 0 Å². The van der Waals surface area contributed by atoms with Gasteiger partial charge in [0.2, 0.25) is 0 Å². The molecule has 0 radical (unpaired) electrons. The van der Waals surface area contributed by atoms with Gasteiger partial charge >= 0.3 is 0 Å². The van der Waals surface area contributed by atoms with Gasteiger partial charge in [-0.3, -0.25) is 4.79 Å². The first-order chi connectivity index (χ1) is 12.3. The normalized spacial score (nSPS) is 10.7. The molecule has 0 amide bonds. The third kappa shape index (κ3) is 2.99. The van der Waals surface area contributed by atoms with E-state index in [1.165, 1.54) is 4.68 Å². The van der Waals surface area contributed by atoms with E-state index in [2.05, 4.69) is 10.3 Å². The predicted octanol–water partition coefficient (Wildman–Crippen LogP) is 3.70. The van der Waals surface area contributed by atoms with Gasteiger partial charge in [-0.2, -0.15) is 4.68 Å². The quantitative estimate of drug-likeness (QED) is 0.573. The molecule has 0 N–H and O–H groups in total. The summed E-state index contributed by atoms with van der Waals surface area (Å²) in [6, 6.07) is 24.4. The van der Waals surface area contributed by atoms with Crippen LogP contribution in [-0.2, 0) is 6.61 Å². The standard InChI is InChI=1S/C20H15N3O2/c24-20(23-18-12-6-5-11-17(18)21-22-23)16-10-4-7-13-19(16)25-14-15-8-2-1-3-9-15/h1-13H,14H2. The van der Waals surface area contributed by atoms with E-state index in [0.29, 0.717) is 29.0 Å². The Morgan fingerprint density at radius 2 is 1.60 bits per heavy atom. The molecule has 0 atom stereocenters. The van der Waals surface area contributed by atoms with Crippen LogP contribution in [0.25, 0.3) is 11.0 Å². The monoisotopic (exact) mass is 329 g/mol. The molecule has 0 spiro atoms. The van der Waals surface area contributed by atoms with Crippen LogP contribution in [0.2, 0.25) is 0 Å². The lowest BCUT2D eigenvalue weighted by Crippen LogP contribution is -2.15. The van der Waals surface area contributed by atoms with Crippen molar-refractivity contribution in [3.05, 3.63) is 90.0 Å². The number of hydrogen-bond donors (Lipinski definition) is 0. The van der Waals surface area contributed by atoms with Gasteiger partial charge in [0.1, 0.15) is 17.9 Å². The summed E-state index contributed by atoms with van der Waals surface area (Å²) in [5.41, 5.74) is 2.84. The van der Waals surface area contributed by atoms with Gasteiger partial charge in [0.25, 0.3) is 5.91 Å². The second-order valence-electron chi connectivity index (χ2n) is 5.57. The van der Waals surface area contributed by atoms with Crippen LogP contribution >= 0.6 is 0 Å². The molecule has 4 aromatic rings. The number of carbonyl (C=O) groups excluding carboxylic acids is 1. The third-order valence-electron chi connectivity index (χ3n) is 3.90. The van der Waals surface area contributed by atoms with Crippen molar-refractivity contribution in [3.8, 4) is 5.75 Å². The maximum absolute atomic E-state index is 12.9. The Kier molecular flexibility index (Phi) is 3.96. The van der Waals surface area contributed by atoms with Gasteiger partial charge in [0.15, 0.2) is 0 Å². The molecule has 0 aliphatic carbocycles. The molecule has 1 heterocycles. The second kappa shape index (κ2) is 6.57. The van der Waals surface area contributed by atoms with Crippen LogP contribution in [0.5, 0.6) is 5.75 Å². The number of hydrogen-bond acceptors (Lipinski definition) is 4. The highest BCUT2D eigenvalue weighted by Crippen LogP contribution is 2.22. The van der Waals surface area contributed by atoms with Gasteiger partial charge in [0, 0.05) is 0 Å². The lowest BCUT2D eigenvalue weighted by molar-refractivity contribution is 0.0943. The smallest absolute Gasteiger partial charge is 0.283 e. The number of para-hydroxylation sites is 2. The molecule has 3 aromatic carbocycles. The van der Waals surface area contributed by atoms with E-state index in [-0.39, 0.29) is 5.91 Å². The summed E-state index contributed by atoms with van der Waals surface area (Å²) >= 11 is 0. The number of nitrogens with zero attached hydrogens (tertiary/aromatic N) is 3. The van der Waals surface area contributed by atoms with Crippen LogP contribution in [0.1, 0.15) is 15.9 Å². The fourth-order valence-corrected chi connectivity index (χ4v) is 2.64. The average Bonchev–Trinajstić information content (AvgIpc) is 3.11. The van der Waals surface area contributed by atoms with E-state index in [4.69, 9.17) is 4.74 Å². The number of rotatable bonds is 4. The van der Waals surface area contributed by atoms with Crippen LogP contribution in [0.3, 0.4) is 0 Å². The van der Waals surface area contributed by atoms with Crippen molar-refractivity contribution < 1.29 is 9.53 Å². The molecule has 25 heavy (non-hydrogen) atoms. The number of benzene rings is 3. The fraction of sp³-hybridized carbons (Fsp3) is 0.0500. The summed E-state index contributed by atoms with van der Waals surface area (Å²) in [4.78, 5) is 12.9. The van der Waals surface area contributed by atoms with E-state index in [1.54, 1.807) is 12.1 Å². The van der Waals surface area contributed by atoms with Crippen molar-refractivity contribution in [1.82, 2.24) is 15.0 Å².